The van der Waals surface area contributed by atoms with E-state index >= 15 is 0 Å². The first-order chi connectivity index (χ1) is 27.3. The van der Waals surface area contributed by atoms with E-state index in [9.17, 15) is 0 Å². The molecule has 2 heterocycles. The van der Waals surface area contributed by atoms with Crippen molar-refractivity contribution in [3.05, 3.63) is 206 Å². The van der Waals surface area contributed by atoms with Crippen LogP contribution in [-0.4, -0.2) is 19.7 Å². The molecule has 4 heteroatoms. The van der Waals surface area contributed by atoms with Gasteiger partial charge in [0.1, 0.15) is 5.69 Å². The van der Waals surface area contributed by atoms with E-state index in [4.69, 9.17) is 15.1 Å². The standard InChI is InChI=1S/C51H34N4/c1-5-16-35(17-6-1)40-23-15-24-42(32-40)51-52-46(37-20-9-3-10-21-37)34-47(53-51)38-28-30-39(31-29-38)49-48-45(36-18-7-2-8-19-36)33-41-22-13-14-27-44(41)50(48)55(54-49)43-25-11-4-12-26-43/h1-34H. The Morgan fingerprint density at radius 2 is 0.891 bits per heavy atom. The van der Waals surface area contributed by atoms with E-state index in [2.05, 4.69) is 181 Å². The van der Waals surface area contributed by atoms with Crippen LogP contribution in [0.3, 0.4) is 0 Å². The number of fused-ring (bicyclic) bond motifs is 3. The van der Waals surface area contributed by atoms with Gasteiger partial charge in [0, 0.05) is 33.0 Å². The number of para-hydroxylation sites is 1. The van der Waals surface area contributed by atoms with E-state index in [1.807, 2.05) is 30.3 Å². The lowest BCUT2D eigenvalue weighted by atomic mass is 9.93. The van der Waals surface area contributed by atoms with Crippen molar-refractivity contribution in [3.63, 3.8) is 0 Å². The second-order valence-corrected chi connectivity index (χ2v) is 13.7. The minimum atomic E-state index is 0.685. The Labute approximate surface area is 319 Å². The van der Waals surface area contributed by atoms with Crippen LogP contribution in [0.25, 0.3) is 94.8 Å². The molecule has 10 aromatic rings. The third-order valence-electron chi connectivity index (χ3n) is 10.2. The predicted molar refractivity (Wildman–Crippen MR) is 227 cm³/mol. The summed E-state index contributed by atoms with van der Waals surface area (Å²) < 4.78 is 2.11. The summed E-state index contributed by atoms with van der Waals surface area (Å²) >= 11 is 0. The van der Waals surface area contributed by atoms with Crippen LogP contribution >= 0.6 is 0 Å². The van der Waals surface area contributed by atoms with Crippen LogP contribution in [0.5, 0.6) is 0 Å². The lowest BCUT2D eigenvalue weighted by molar-refractivity contribution is 0.918. The normalized spacial score (nSPS) is 11.3. The minimum Gasteiger partial charge on any atom is -0.232 e. The number of hydrogen-bond donors (Lipinski definition) is 0. The number of rotatable bonds is 7. The van der Waals surface area contributed by atoms with E-state index in [-0.39, 0.29) is 0 Å². The molecule has 0 N–H and O–H groups in total. The first-order valence-corrected chi connectivity index (χ1v) is 18.5. The highest BCUT2D eigenvalue weighted by Gasteiger charge is 2.21. The van der Waals surface area contributed by atoms with Crippen molar-refractivity contribution in [2.24, 2.45) is 0 Å². The Morgan fingerprint density at radius 1 is 0.364 bits per heavy atom. The molecule has 0 unspecified atom stereocenters. The van der Waals surface area contributed by atoms with E-state index in [0.717, 1.165) is 83.6 Å². The van der Waals surface area contributed by atoms with Gasteiger partial charge in [-0.3, -0.25) is 0 Å². The molecule has 0 aliphatic rings. The number of nitrogens with zero attached hydrogens (tertiary/aromatic N) is 4. The van der Waals surface area contributed by atoms with Crippen LogP contribution in [0.2, 0.25) is 0 Å². The van der Waals surface area contributed by atoms with E-state index in [1.54, 1.807) is 0 Å². The molecular weight excluding hydrogens is 669 g/mol. The Kier molecular flexibility index (Phi) is 8.12. The van der Waals surface area contributed by atoms with Crippen molar-refractivity contribution in [2.45, 2.75) is 0 Å². The Balaban J connectivity index is 1.14. The molecule has 2 aromatic heterocycles. The summed E-state index contributed by atoms with van der Waals surface area (Å²) in [6.45, 7) is 0. The summed E-state index contributed by atoms with van der Waals surface area (Å²) in [7, 11) is 0. The molecule has 55 heavy (non-hydrogen) atoms. The maximum atomic E-state index is 5.40. The van der Waals surface area contributed by atoms with Crippen LogP contribution in [0.4, 0.5) is 0 Å². The van der Waals surface area contributed by atoms with Gasteiger partial charge >= 0.3 is 0 Å². The van der Waals surface area contributed by atoms with Crippen molar-refractivity contribution in [2.75, 3.05) is 0 Å². The summed E-state index contributed by atoms with van der Waals surface area (Å²) in [5.41, 5.74) is 13.4. The lowest BCUT2D eigenvalue weighted by Crippen LogP contribution is -1.97. The van der Waals surface area contributed by atoms with Crippen molar-refractivity contribution in [1.82, 2.24) is 19.7 Å². The monoisotopic (exact) mass is 702 g/mol. The Hall–Kier alpha value is -7.43. The summed E-state index contributed by atoms with van der Waals surface area (Å²) in [6.07, 6.45) is 0. The zero-order valence-corrected chi connectivity index (χ0v) is 29.9. The second kappa shape index (κ2) is 13.8. The average molecular weight is 703 g/mol. The quantitative estimate of drug-likeness (QED) is 0.166. The molecule has 0 amide bonds. The Morgan fingerprint density at radius 3 is 1.58 bits per heavy atom. The van der Waals surface area contributed by atoms with Gasteiger partial charge in [-0.1, -0.05) is 176 Å². The van der Waals surface area contributed by atoms with Gasteiger partial charge in [-0.05, 0) is 58.0 Å². The topological polar surface area (TPSA) is 43.6 Å². The predicted octanol–water partition coefficient (Wildman–Crippen LogP) is 13.0. The van der Waals surface area contributed by atoms with Crippen LogP contribution < -0.4 is 0 Å². The van der Waals surface area contributed by atoms with E-state index < -0.39 is 0 Å². The van der Waals surface area contributed by atoms with Crippen LogP contribution in [-0.2, 0) is 0 Å². The molecule has 0 saturated heterocycles. The third kappa shape index (κ3) is 6.06. The molecule has 0 spiro atoms. The van der Waals surface area contributed by atoms with Crippen molar-refractivity contribution in [1.29, 1.82) is 0 Å². The molecule has 0 radical (unpaired) electrons. The highest BCUT2D eigenvalue weighted by Crippen LogP contribution is 2.42. The molecule has 0 fully saturated rings. The van der Waals surface area contributed by atoms with Gasteiger partial charge in [0.15, 0.2) is 5.82 Å². The number of hydrogen-bond acceptors (Lipinski definition) is 3. The maximum absolute atomic E-state index is 5.40. The summed E-state index contributed by atoms with van der Waals surface area (Å²) in [6, 6.07) is 72.0. The fraction of sp³-hybridized carbons (Fsp3) is 0. The fourth-order valence-electron chi connectivity index (χ4n) is 7.54. The highest BCUT2D eigenvalue weighted by atomic mass is 15.3. The molecule has 10 rings (SSSR count). The SMILES string of the molecule is c1ccc(-c2cccc(-c3nc(-c4ccccc4)cc(-c4ccc(-c5nn(-c6ccccc6)c6c5c(-c5ccccc5)cc5ccccc56)cc4)n3)c2)cc1. The maximum Gasteiger partial charge on any atom is 0.160 e. The van der Waals surface area contributed by atoms with Gasteiger partial charge in [0.2, 0.25) is 0 Å². The van der Waals surface area contributed by atoms with Crippen LogP contribution in [0.1, 0.15) is 0 Å². The first kappa shape index (κ1) is 32.2. The van der Waals surface area contributed by atoms with Crippen molar-refractivity contribution < 1.29 is 0 Å². The molecule has 0 bridgehead atoms. The van der Waals surface area contributed by atoms with Gasteiger partial charge in [-0.2, -0.15) is 5.10 Å². The molecule has 258 valence electrons. The van der Waals surface area contributed by atoms with Crippen molar-refractivity contribution >= 4 is 21.7 Å². The van der Waals surface area contributed by atoms with Gasteiger partial charge in [-0.25, -0.2) is 14.6 Å². The second-order valence-electron chi connectivity index (χ2n) is 13.7. The fourth-order valence-corrected chi connectivity index (χ4v) is 7.54. The molecule has 8 aromatic carbocycles. The average Bonchev–Trinajstić information content (AvgIpc) is 3.68. The minimum absolute atomic E-state index is 0.685. The number of benzene rings is 8. The molecule has 0 atom stereocenters. The number of aromatic nitrogens is 4. The summed E-state index contributed by atoms with van der Waals surface area (Å²) in [5.74, 6) is 0.685. The zero-order valence-electron chi connectivity index (χ0n) is 29.9. The van der Waals surface area contributed by atoms with Crippen LogP contribution in [0.15, 0.2) is 206 Å². The first-order valence-electron chi connectivity index (χ1n) is 18.5. The van der Waals surface area contributed by atoms with Gasteiger partial charge in [0.05, 0.1) is 22.6 Å². The van der Waals surface area contributed by atoms with Gasteiger partial charge < -0.3 is 0 Å². The molecule has 0 aliphatic carbocycles. The summed E-state index contributed by atoms with van der Waals surface area (Å²) in [4.78, 5) is 10.3. The highest BCUT2D eigenvalue weighted by molar-refractivity contribution is 6.17. The Bertz CT molecular complexity index is 2940. The largest absolute Gasteiger partial charge is 0.232 e. The van der Waals surface area contributed by atoms with E-state index in [1.165, 1.54) is 5.39 Å². The summed E-state index contributed by atoms with van der Waals surface area (Å²) in [5, 5.41) is 8.86. The molecular formula is C51H34N4. The third-order valence-corrected chi connectivity index (χ3v) is 10.2. The molecule has 0 saturated carbocycles. The van der Waals surface area contributed by atoms with Gasteiger partial charge in [-0.15, -0.1) is 0 Å². The smallest absolute Gasteiger partial charge is 0.160 e. The van der Waals surface area contributed by atoms with E-state index in [0.29, 0.717) is 5.82 Å². The molecule has 0 aliphatic heterocycles. The van der Waals surface area contributed by atoms with Crippen molar-refractivity contribution in [3.8, 4) is 73.1 Å². The van der Waals surface area contributed by atoms with Crippen LogP contribution in [0, 0.1) is 0 Å². The lowest BCUT2D eigenvalue weighted by Gasteiger charge is -2.12. The molecule has 4 nitrogen and oxygen atoms in total. The zero-order chi connectivity index (χ0) is 36.6. The van der Waals surface area contributed by atoms with Gasteiger partial charge in [0.25, 0.3) is 0 Å².